The van der Waals surface area contributed by atoms with E-state index in [1.54, 1.807) is 4.52 Å². The number of hydrogen-bond donors (Lipinski definition) is 0. The Kier molecular flexibility index (Phi) is 4.01. The van der Waals surface area contributed by atoms with Gasteiger partial charge in [-0.25, -0.2) is 0 Å². The molecule has 0 amide bonds. The zero-order valence-corrected chi connectivity index (χ0v) is 11.7. The molecule has 0 aliphatic rings. The van der Waals surface area contributed by atoms with E-state index in [1.165, 1.54) is 6.33 Å². The van der Waals surface area contributed by atoms with Gasteiger partial charge in [0.15, 0.2) is 0 Å². The van der Waals surface area contributed by atoms with Crippen LogP contribution in [0.2, 0.25) is 5.15 Å². The first-order valence-electron chi connectivity index (χ1n) is 6.26. The molecule has 0 bridgehead atoms. The first-order valence-corrected chi connectivity index (χ1v) is 6.64. The van der Waals surface area contributed by atoms with Gasteiger partial charge in [0, 0.05) is 19.2 Å². The van der Waals surface area contributed by atoms with Crippen molar-refractivity contribution in [2.24, 2.45) is 5.92 Å². The lowest BCUT2D eigenvalue weighted by atomic mass is 10.1. The number of anilines is 1. The van der Waals surface area contributed by atoms with Crippen LogP contribution in [0.4, 0.5) is 5.82 Å². The molecule has 0 aliphatic heterocycles. The summed E-state index contributed by atoms with van der Waals surface area (Å²) in [5.41, 5.74) is 0. The third-order valence-corrected chi connectivity index (χ3v) is 3.33. The fourth-order valence-electron chi connectivity index (χ4n) is 1.88. The summed E-state index contributed by atoms with van der Waals surface area (Å²) in [5.74, 6) is 2.11. The van der Waals surface area contributed by atoms with E-state index in [0.717, 1.165) is 25.3 Å². The van der Waals surface area contributed by atoms with Crippen molar-refractivity contribution < 1.29 is 0 Å². The topological polar surface area (TPSA) is 46.3 Å². The monoisotopic (exact) mass is 267 g/mol. The second kappa shape index (κ2) is 5.52. The lowest BCUT2D eigenvalue weighted by molar-refractivity contribution is 0.542. The molecule has 0 aromatic carbocycles. The molecule has 0 N–H and O–H groups in total. The molecule has 5 nitrogen and oxygen atoms in total. The average Bonchev–Trinajstić information content (AvgIpc) is 2.82. The summed E-state index contributed by atoms with van der Waals surface area (Å²) in [6.45, 7) is 8.44. The van der Waals surface area contributed by atoms with Crippen LogP contribution in [0.15, 0.2) is 12.4 Å². The maximum absolute atomic E-state index is 6.03. The number of rotatable bonds is 5. The number of nitrogens with zero attached hydrogens (tertiary/aromatic N) is 5. The van der Waals surface area contributed by atoms with Gasteiger partial charge < -0.3 is 4.90 Å². The molecule has 2 heterocycles. The van der Waals surface area contributed by atoms with Gasteiger partial charge in [0.1, 0.15) is 17.3 Å². The predicted octanol–water partition coefficient (Wildman–Crippen LogP) is 2.65. The van der Waals surface area contributed by atoms with Crippen LogP contribution >= 0.6 is 11.6 Å². The molecule has 0 spiro atoms. The number of hydrogen-bond acceptors (Lipinski definition) is 4. The molecule has 0 aliphatic carbocycles. The van der Waals surface area contributed by atoms with Crippen LogP contribution in [-0.2, 0) is 0 Å². The van der Waals surface area contributed by atoms with Gasteiger partial charge in [-0.3, -0.25) is 0 Å². The number of aromatic nitrogens is 4. The van der Waals surface area contributed by atoms with E-state index in [2.05, 4.69) is 40.7 Å². The van der Waals surface area contributed by atoms with E-state index in [0.29, 0.717) is 16.8 Å². The van der Waals surface area contributed by atoms with E-state index in [1.807, 2.05) is 6.07 Å². The molecular weight excluding hydrogens is 250 g/mol. The summed E-state index contributed by atoms with van der Waals surface area (Å²) in [4.78, 5) is 10.5. The summed E-state index contributed by atoms with van der Waals surface area (Å²) in [6, 6.07) is 1.84. The average molecular weight is 268 g/mol. The summed E-state index contributed by atoms with van der Waals surface area (Å²) < 4.78 is 1.73. The second-order valence-corrected chi connectivity index (χ2v) is 4.85. The van der Waals surface area contributed by atoms with Crippen LogP contribution in [0.5, 0.6) is 0 Å². The quantitative estimate of drug-likeness (QED) is 0.782. The third-order valence-electron chi connectivity index (χ3n) is 3.14. The van der Waals surface area contributed by atoms with Gasteiger partial charge in [0.2, 0.25) is 0 Å². The van der Waals surface area contributed by atoms with Crippen molar-refractivity contribution in [3.8, 4) is 0 Å². The molecule has 0 saturated heterocycles. The fraction of sp³-hybridized carbons (Fsp3) is 0.583. The maximum atomic E-state index is 6.03. The van der Waals surface area contributed by atoms with Crippen molar-refractivity contribution in [1.29, 1.82) is 0 Å². The first kappa shape index (κ1) is 13.1. The molecule has 6 heteroatoms. The molecule has 1 atom stereocenters. The van der Waals surface area contributed by atoms with Crippen molar-refractivity contribution in [3.63, 3.8) is 0 Å². The van der Waals surface area contributed by atoms with Gasteiger partial charge in [-0.15, -0.1) is 0 Å². The minimum Gasteiger partial charge on any atom is -0.356 e. The molecular formula is C12H18ClN5. The van der Waals surface area contributed by atoms with Crippen LogP contribution in [0.25, 0.3) is 5.78 Å². The Labute approximate surface area is 112 Å². The highest BCUT2D eigenvalue weighted by Gasteiger charge is 2.14. The van der Waals surface area contributed by atoms with Crippen LogP contribution in [0.3, 0.4) is 0 Å². The van der Waals surface area contributed by atoms with Crippen molar-refractivity contribution in [2.45, 2.75) is 27.2 Å². The summed E-state index contributed by atoms with van der Waals surface area (Å²) in [7, 11) is 0. The van der Waals surface area contributed by atoms with E-state index in [-0.39, 0.29) is 0 Å². The minimum absolute atomic E-state index is 0.452. The van der Waals surface area contributed by atoms with Crippen molar-refractivity contribution >= 4 is 23.2 Å². The van der Waals surface area contributed by atoms with Gasteiger partial charge in [0.05, 0.1) is 0 Å². The highest BCUT2D eigenvalue weighted by atomic mass is 35.5. The highest BCUT2D eigenvalue weighted by molar-refractivity contribution is 6.29. The van der Waals surface area contributed by atoms with Gasteiger partial charge >= 0.3 is 0 Å². The number of halogens is 1. The van der Waals surface area contributed by atoms with Gasteiger partial charge in [-0.05, 0) is 12.8 Å². The van der Waals surface area contributed by atoms with Gasteiger partial charge in [-0.2, -0.15) is 19.6 Å². The van der Waals surface area contributed by atoms with Gasteiger partial charge in [0.25, 0.3) is 5.78 Å². The van der Waals surface area contributed by atoms with E-state index in [4.69, 9.17) is 11.6 Å². The van der Waals surface area contributed by atoms with Gasteiger partial charge in [-0.1, -0.05) is 31.9 Å². The third kappa shape index (κ3) is 2.56. The second-order valence-electron chi connectivity index (χ2n) is 4.46. The predicted molar refractivity (Wildman–Crippen MR) is 73.1 cm³/mol. The summed E-state index contributed by atoms with van der Waals surface area (Å²) >= 11 is 6.03. The van der Waals surface area contributed by atoms with E-state index >= 15 is 0 Å². The maximum Gasteiger partial charge on any atom is 0.255 e. The van der Waals surface area contributed by atoms with Crippen LogP contribution in [0, 0.1) is 5.92 Å². The van der Waals surface area contributed by atoms with Crippen molar-refractivity contribution in [1.82, 2.24) is 19.6 Å². The fourth-order valence-corrected chi connectivity index (χ4v) is 2.06. The largest absolute Gasteiger partial charge is 0.356 e. The van der Waals surface area contributed by atoms with Crippen LogP contribution in [-0.4, -0.2) is 32.7 Å². The molecule has 18 heavy (non-hydrogen) atoms. The molecule has 2 rings (SSSR count). The summed E-state index contributed by atoms with van der Waals surface area (Å²) in [6.07, 6.45) is 2.65. The molecule has 1 unspecified atom stereocenters. The lowest BCUT2D eigenvalue weighted by Crippen LogP contribution is -2.30. The van der Waals surface area contributed by atoms with Crippen molar-refractivity contribution in [2.75, 3.05) is 18.0 Å². The molecule has 0 fully saturated rings. The zero-order chi connectivity index (χ0) is 13.1. The van der Waals surface area contributed by atoms with E-state index < -0.39 is 0 Å². The van der Waals surface area contributed by atoms with Crippen molar-refractivity contribution in [3.05, 3.63) is 17.5 Å². The van der Waals surface area contributed by atoms with E-state index in [9.17, 15) is 0 Å². The first-order chi connectivity index (χ1) is 8.65. The van der Waals surface area contributed by atoms with Crippen LogP contribution < -0.4 is 4.90 Å². The number of fused-ring (bicyclic) bond motifs is 1. The SMILES string of the molecule is CCC(C)CN(CC)c1cc(Cl)nc2ncnn12. The molecule has 2 aromatic rings. The Morgan fingerprint density at radius 3 is 2.89 bits per heavy atom. The molecule has 0 saturated carbocycles. The Morgan fingerprint density at radius 2 is 2.22 bits per heavy atom. The highest BCUT2D eigenvalue weighted by Crippen LogP contribution is 2.20. The smallest absolute Gasteiger partial charge is 0.255 e. The molecule has 2 aromatic heterocycles. The summed E-state index contributed by atoms with van der Waals surface area (Å²) in [5, 5.41) is 4.66. The molecule has 0 radical (unpaired) electrons. The Bertz CT molecular complexity index is 524. The lowest BCUT2D eigenvalue weighted by Gasteiger charge is -2.26. The zero-order valence-electron chi connectivity index (χ0n) is 11.0. The Hall–Kier alpha value is -1.36. The van der Waals surface area contributed by atoms with Crippen LogP contribution in [0.1, 0.15) is 27.2 Å². The Morgan fingerprint density at radius 1 is 1.44 bits per heavy atom. The molecule has 98 valence electrons. The Balaban J connectivity index is 2.40. The minimum atomic E-state index is 0.452. The standard InChI is InChI=1S/C12H18ClN5/c1-4-9(3)7-17(5-2)11-6-10(13)16-12-14-8-15-18(11)12/h6,8-9H,4-5,7H2,1-3H3. The normalized spacial score (nSPS) is 12.9.